The van der Waals surface area contributed by atoms with E-state index in [1.54, 1.807) is 4.40 Å². The van der Waals surface area contributed by atoms with E-state index in [2.05, 4.69) is 10.3 Å². The highest BCUT2D eigenvalue weighted by Crippen LogP contribution is 2.20. The molecule has 3 aromatic rings. The Labute approximate surface area is 147 Å². The fourth-order valence-electron chi connectivity index (χ4n) is 2.43. The summed E-state index contributed by atoms with van der Waals surface area (Å²) in [5.74, 6) is 0.182. The van der Waals surface area contributed by atoms with Crippen molar-refractivity contribution in [2.75, 3.05) is 13.2 Å². The molecule has 132 valence electrons. The van der Waals surface area contributed by atoms with Gasteiger partial charge in [0.25, 0.3) is 5.56 Å². The molecule has 6 nitrogen and oxygen atoms in total. The van der Waals surface area contributed by atoms with Crippen molar-refractivity contribution in [2.45, 2.75) is 20.1 Å². The van der Waals surface area contributed by atoms with Gasteiger partial charge in [0, 0.05) is 24.0 Å². The second-order valence-electron chi connectivity index (χ2n) is 5.45. The molecule has 0 spiro atoms. The van der Waals surface area contributed by atoms with Crippen LogP contribution in [-0.2, 0) is 13.2 Å². The molecule has 0 radical (unpaired) electrons. The molecule has 0 saturated carbocycles. The first kappa shape index (κ1) is 17.5. The van der Waals surface area contributed by atoms with Crippen molar-refractivity contribution in [3.05, 3.63) is 62.8 Å². The molecule has 1 aromatic carbocycles. The predicted molar refractivity (Wildman–Crippen MR) is 93.6 cm³/mol. The zero-order chi connectivity index (χ0) is 17.8. The zero-order valence-corrected chi connectivity index (χ0v) is 14.5. The lowest BCUT2D eigenvalue weighted by Crippen LogP contribution is -2.23. The minimum absolute atomic E-state index is 0.0408. The summed E-state index contributed by atoms with van der Waals surface area (Å²) in [5, 5.41) is 11.9. The number of thiazole rings is 1. The number of aryl methyl sites for hydroxylation is 1. The Morgan fingerprint density at radius 2 is 2.12 bits per heavy atom. The number of aliphatic hydroxyl groups is 1. The molecule has 0 atom stereocenters. The van der Waals surface area contributed by atoms with Gasteiger partial charge in [0.1, 0.15) is 18.2 Å². The third-order valence-corrected chi connectivity index (χ3v) is 4.64. The predicted octanol–water partition coefficient (Wildman–Crippen LogP) is 1.86. The topological polar surface area (TPSA) is 75.9 Å². The third-order valence-electron chi connectivity index (χ3n) is 3.64. The molecular weight excluding hydrogens is 345 g/mol. The zero-order valence-electron chi connectivity index (χ0n) is 13.7. The van der Waals surface area contributed by atoms with Crippen molar-refractivity contribution >= 4 is 16.3 Å². The molecule has 0 aliphatic carbocycles. The van der Waals surface area contributed by atoms with Crippen molar-refractivity contribution in [3.8, 4) is 5.75 Å². The lowest BCUT2D eigenvalue weighted by Gasteiger charge is -2.07. The second kappa shape index (κ2) is 7.73. The Morgan fingerprint density at radius 3 is 2.84 bits per heavy atom. The van der Waals surface area contributed by atoms with Gasteiger partial charge in [0.05, 0.1) is 18.0 Å². The van der Waals surface area contributed by atoms with Crippen LogP contribution in [0.3, 0.4) is 0 Å². The SMILES string of the molecule is Cc1sc2nc(COc3ccc(F)cc3)cc(=O)n2c1CNCCO. The summed E-state index contributed by atoms with van der Waals surface area (Å²) in [4.78, 5) is 18.5. The highest BCUT2D eigenvalue weighted by molar-refractivity contribution is 7.17. The van der Waals surface area contributed by atoms with Crippen LogP contribution in [0.5, 0.6) is 5.75 Å². The molecule has 0 amide bonds. The Kier molecular flexibility index (Phi) is 5.42. The van der Waals surface area contributed by atoms with E-state index in [4.69, 9.17) is 9.84 Å². The second-order valence-corrected chi connectivity index (χ2v) is 6.63. The van der Waals surface area contributed by atoms with Gasteiger partial charge in [-0.1, -0.05) is 0 Å². The summed E-state index contributed by atoms with van der Waals surface area (Å²) < 4.78 is 20.0. The van der Waals surface area contributed by atoms with Crippen LogP contribution < -0.4 is 15.6 Å². The van der Waals surface area contributed by atoms with Gasteiger partial charge in [-0.25, -0.2) is 9.37 Å². The smallest absolute Gasteiger partial charge is 0.259 e. The van der Waals surface area contributed by atoms with E-state index in [0.29, 0.717) is 29.5 Å². The van der Waals surface area contributed by atoms with Gasteiger partial charge >= 0.3 is 0 Å². The van der Waals surface area contributed by atoms with Crippen LogP contribution >= 0.6 is 11.3 Å². The van der Waals surface area contributed by atoms with Gasteiger partial charge in [-0.3, -0.25) is 9.20 Å². The lowest BCUT2D eigenvalue weighted by atomic mass is 10.3. The van der Waals surface area contributed by atoms with E-state index in [1.807, 2.05) is 6.92 Å². The van der Waals surface area contributed by atoms with E-state index in [9.17, 15) is 9.18 Å². The monoisotopic (exact) mass is 363 g/mol. The molecule has 0 aliphatic heterocycles. The standard InChI is InChI=1S/C17H18FN3O3S/c1-11-15(9-19-6-7-22)21-16(23)8-13(20-17(21)25-11)10-24-14-4-2-12(18)3-5-14/h2-5,8,19,22H,6-7,9-10H2,1H3. The van der Waals surface area contributed by atoms with Gasteiger partial charge in [-0.2, -0.15) is 0 Å². The fraction of sp³-hybridized carbons (Fsp3) is 0.294. The first-order valence-corrected chi connectivity index (χ1v) is 8.61. The first-order chi connectivity index (χ1) is 12.1. The Hall–Kier alpha value is -2.29. The average molecular weight is 363 g/mol. The Balaban J connectivity index is 1.81. The van der Waals surface area contributed by atoms with Gasteiger partial charge in [-0.05, 0) is 31.2 Å². The van der Waals surface area contributed by atoms with E-state index in [0.717, 1.165) is 10.6 Å². The number of benzene rings is 1. The van der Waals surface area contributed by atoms with Crippen LogP contribution in [-0.4, -0.2) is 27.6 Å². The van der Waals surface area contributed by atoms with Gasteiger partial charge in [-0.15, -0.1) is 11.3 Å². The van der Waals surface area contributed by atoms with Gasteiger partial charge in [0.15, 0.2) is 4.96 Å². The number of nitrogens with zero attached hydrogens (tertiary/aromatic N) is 2. The number of hydrogen-bond acceptors (Lipinski definition) is 6. The van der Waals surface area contributed by atoms with Crippen molar-refractivity contribution in [2.24, 2.45) is 0 Å². The molecule has 2 aromatic heterocycles. The highest BCUT2D eigenvalue weighted by atomic mass is 32.1. The average Bonchev–Trinajstić information content (AvgIpc) is 2.91. The number of rotatable bonds is 7. The molecule has 0 bridgehead atoms. The first-order valence-electron chi connectivity index (χ1n) is 7.79. The molecule has 25 heavy (non-hydrogen) atoms. The number of aromatic nitrogens is 2. The molecular formula is C17H18FN3O3S. The van der Waals surface area contributed by atoms with Crippen molar-refractivity contribution < 1.29 is 14.2 Å². The maximum absolute atomic E-state index is 12.9. The van der Waals surface area contributed by atoms with E-state index in [1.165, 1.54) is 41.7 Å². The molecule has 0 aliphatic rings. The van der Waals surface area contributed by atoms with E-state index >= 15 is 0 Å². The third kappa shape index (κ3) is 4.04. The highest BCUT2D eigenvalue weighted by Gasteiger charge is 2.13. The molecule has 0 fully saturated rings. The van der Waals surface area contributed by atoms with Gasteiger partial charge in [0.2, 0.25) is 0 Å². The molecule has 2 heterocycles. The molecule has 3 rings (SSSR count). The number of halogens is 1. The van der Waals surface area contributed by atoms with E-state index < -0.39 is 0 Å². The summed E-state index contributed by atoms with van der Waals surface area (Å²) in [6.45, 7) is 3.05. The lowest BCUT2D eigenvalue weighted by molar-refractivity contribution is 0.291. The summed E-state index contributed by atoms with van der Waals surface area (Å²) in [6, 6.07) is 7.13. The van der Waals surface area contributed by atoms with Crippen molar-refractivity contribution in [1.29, 1.82) is 0 Å². The molecule has 2 N–H and O–H groups in total. The molecule has 0 unspecified atom stereocenters. The number of fused-ring (bicyclic) bond motifs is 1. The normalized spacial score (nSPS) is 11.2. The van der Waals surface area contributed by atoms with Crippen LogP contribution in [0.15, 0.2) is 35.1 Å². The summed E-state index contributed by atoms with van der Waals surface area (Å²) in [7, 11) is 0. The molecule has 0 saturated heterocycles. The fourth-order valence-corrected chi connectivity index (χ4v) is 3.44. The van der Waals surface area contributed by atoms with E-state index in [-0.39, 0.29) is 24.6 Å². The maximum atomic E-state index is 12.9. The van der Waals surface area contributed by atoms with Crippen LogP contribution in [0.4, 0.5) is 4.39 Å². The van der Waals surface area contributed by atoms with Crippen LogP contribution in [0.2, 0.25) is 0 Å². The summed E-state index contributed by atoms with van der Waals surface area (Å²) >= 11 is 1.43. The van der Waals surface area contributed by atoms with Crippen LogP contribution in [0.1, 0.15) is 16.3 Å². The van der Waals surface area contributed by atoms with Crippen molar-refractivity contribution in [3.63, 3.8) is 0 Å². The summed E-state index contributed by atoms with van der Waals surface area (Å²) in [6.07, 6.45) is 0. The van der Waals surface area contributed by atoms with Crippen molar-refractivity contribution in [1.82, 2.24) is 14.7 Å². The Morgan fingerprint density at radius 1 is 1.36 bits per heavy atom. The summed E-state index contributed by atoms with van der Waals surface area (Å²) in [5.41, 5.74) is 1.19. The molecule has 8 heteroatoms. The number of hydrogen-bond donors (Lipinski definition) is 2. The maximum Gasteiger partial charge on any atom is 0.259 e. The number of aliphatic hydroxyl groups excluding tert-OH is 1. The van der Waals surface area contributed by atoms with Gasteiger partial charge < -0.3 is 15.2 Å². The quantitative estimate of drug-likeness (QED) is 0.627. The van der Waals surface area contributed by atoms with Crippen LogP contribution in [0, 0.1) is 12.7 Å². The minimum Gasteiger partial charge on any atom is -0.487 e. The largest absolute Gasteiger partial charge is 0.487 e. The number of ether oxygens (including phenoxy) is 1. The number of nitrogens with one attached hydrogen (secondary N) is 1. The minimum atomic E-state index is -0.332. The van der Waals surface area contributed by atoms with Crippen LogP contribution in [0.25, 0.3) is 4.96 Å². The Bertz CT molecular complexity index is 921.